The normalized spacial score (nSPS) is 19.5. The van der Waals surface area contributed by atoms with E-state index in [1.54, 1.807) is 12.3 Å². The van der Waals surface area contributed by atoms with Crippen LogP contribution < -0.4 is 10.1 Å². The number of urea groups is 1. The highest BCUT2D eigenvalue weighted by atomic mass is 28.3. The van der Waals surface area contributed by atoms with E-state index in [1.807, 2.05) is 63.1 Å². The van der Waals surface area contributed by atoms with Crippen molar-refractivity contribution in [2.24, 2.45) is 0 Å². The van der Waals surface area contributed by atoms with Gasteiger partial charge in [-0.15, -0.1) is 0 Å². The van der Waals surface area contributed by atoms with Crippen LogP contribution in [0.5, 0.6) is 5.88 Å². The Hall–Kier alpha value is -4.74. The smallest absolute Gasteiger partial charge is 0.391 e. The van der Waals surface area contributed by atoms with E-state index in [0.717, 1.165) is 50.1 Å². The van der Waals surface area contributed by atoms with Gasteiger partial charge in [-0.3, -0.25) is 4.90 Å². The summed E-state index contributed by atoms with van der Waals surface area (Å²) in [5.74, 6) is 0.259. The summed E-state index contributed by atoms with van der Waals surface area (Å²) in [5.41, 5.74) is 4.08. The highest BCUT2D eigenvalue weighted by molar-refractivity contribution is 6.76. The lowest BCUT2D eigenvalue weighted by Gasteiger charge is -2.51. The van der Waals surface area contributed by atoms with Crippen LogP contribution in [0.3, 0.4) is 0 Å². The molecule has 1 N–H and O–H groups in total. The Labute approximate surface area is 294 Å². The zero-order valence-corrected chi connectivity index (χ0v) is 30.6. The van der Waals surface area contributed by atoms with Gasteiger partial charge >= 0.3 is 12.1 Å². The molecule has 7 rings (SSSR count). The number of aryl methyl sites for hydroxylation is 1. The van der Waals surface area contributed by atoms with E-state index in [9.17, 15) is 9.59 Å². The lowest BCUT2D eigenvalue weighted by molar-refractivity contribution is 0.0108. The maximum absolute atomic E-state index is 14.3. The van der Waals surface area contributed by atoms with Crippen LogP contribution in [0, 0.1) is 6.92 Å². The van der Waals surface area contributed by atoms with Crippen molar-refractivity contribution in [2.75, 3.05) is 18.5 Å². The first kappa shape index (κ1) is 33.7. The summed E-state index contributed by atoms with van der Waals surface area (Å²) in [4.78, 5) is 36.1. The summed E-state index contributed by atoms with van der Waals surface area (Å²) in [7, 11) is -1.20. The summed E-state index contributed by atoms with van der Waals surface area (Å²) in [6, 6.07) is 22.8. The lowest BCUT2D eigenvalue weighted by atomic mass is 9.75. The number of amides is 3. The molecular formula is C39H46N6O4Si. The van der Waals surface area contributed by atoms with E-state index in [-0.39, 0.29) is 18.0 Å². The third-order valence-corrected chi connectivity index (χ3v) is 12.0. The Balaban J connectivity index is 1.22. The largest absolute Gasteiger partial charge is 0.417 e. The average Bonchev–Trinajstić information content (AvgIpc) is 3.53. The maximum Gasteiger partial charge on any atom is 0.417 e. The van der Waals surface area contributed by atoms with Gasteiger partial charge in [0, 0.05) is 68.7 Å². The van der Waals surface area contributed by atoms with Crippen LogP contribution in [0.1, 0.15) is 42.9 Å². The molecule has 2 aromatic heterocycles. The molecule has 1 fully saturated rings. The number of likely N-dealkylation sites (tertiary alicyclic amines) is 1. The van der Waals surface area contributed by atoms with Crippen LogP contribution in [0.4, 0.5) is 15.3 Å². The number of anilines is 1. The van der Waals surface area contributed by atoms with E-state index < -0.39 is 19.7 Å². The summed E-state index contributed by atoms with van der Waals surface area (Å²) >= 11 is 0. The monoisotopic (exact) mass is 690 g/mol. The van der Waals surface area contributed by atoms with Crippen LogP contribution in [-0.2, 0) is 23.6 Å². The SMILES string of the molecule is CCC1(c2cc(C)c3nn(COCC[Si](C)(C)C)cc3c2)CC(N2Cc3ccccc3NC2=O)CCN1C(=O)Oc1cc2ccccc2cn1. The summed E-state index contributed by atoms with van der Waals surface area (Å²) in [6.45, 7) is 13.2. The number of nitrogens with one attached hydrogen (secondary N) is 1. The molecule has 3 amide bonds. The number of para-hydroxylation sites is 1. The topological polar surface area (TPSA) is 102 Å². The molecular weight excluding hydrogens is 645 g/mol. The molecule has 11 heteroatoms. The molecule has 0 aliphatic carbocycles. The minimum atomic E-state index is -1.20. The Morgan fingerprint density at radius 1 is 1.04 bits per heavy atom. The van der Waals surface area contributed by atoms with Crippen LogP contribution in [0.2, 0.25) is 25.7 Å². The first-order valence-corrected chi connectivity index (χ1v) is 21.3. The second-order valence-electron chi connectivity index (χ2n) is 14.9. The fourth-order valence-electron chi connectivity index (χ4n) is 7.45. The molecule has 5 aromatic rings. The van der Waals surface area contributed by atoms with Crippen molar-refractivity contribution < 1.29 is 19.1 Å². The molecule has 10 nitrogen and oxygen atoms in total. The molecule has 50 heavy (non-hydrogen) atoms. The van der Waals surface area contributed by atoms with Crippen LogP contribution in [0.25, 0.3) is 21.7 Å². The zero-order valence-electron chi connectivity index (χ0n) is 29.6. The first-order chi connectivity index (χ1) is 24.0. The summed E-state index contributed by atoms with van der Waals surface area (Å²) in [5, 5.41) is 10.9. The van der Waals surface area contributed by atoms with Gasteiger partial charge in [0.15, 0.2) is 0 Å². The molecule has 0 spiro atoms. The van der Waals surface area contributed by atoms with Gasteiger partial charge in [-0.2, -0.15) is 5.10 Å². The molecule has 0 saturated carbocycles. The van der Waals surface area contributed by atoms with E-state index >= 15 is 0 Å². The van der Waals surface area contributed by atoms with Crippen LogP contribution in [0.15, 0.2) is 79.1 Å². The first-order valence-electron chi connectivity index (χ1n) is 17.6. The van der Waals surface area contributed by atoms with Gasteiger partial charge in [-0.25, -0.2) is 19.3 Å². The third-order valence-electron chi connectivity index (χ3n) is 10.3. The van der Waals surface area contributed by atoms with E-state index in [4.69, 9.17) is 14.6 Å². The Morgan fingerprint density at radius 3 is 2.62 bits per heavy atom. The van der Waals surface area contributed by atoms with Gasteiger partial charge in [-0.1, -0.05) is 75.1 Å². The number of piperidine rings is 1. The second-order valence-corrected chi connectivity index (χ2v) is 20.5. The van der Waals surface area contributed by atoms with Crippen molar-refractivity contribution in [1.29, 1.82) is 0 Å². The minimum Gasteiger partial charge on any atom is -0.391 e. The van der Waals surface area contributed by atoms with Gasteiger partial charge in [0.25, 0.3) is 0 Å². The zero-order chi connectivity index (χ0) is 35.0. The molecule has 3 aromatic carbocycles. The number of hydrogen-bond acceptors (Lipinski definition) is 6. The predicted octanol–water partition coefficient (Wildman–Crippen LogP) is 8.52. The van der Waals surface area contributed by atoms with Crippen LogP contribution >= 0.6 is 0 Å². The molecule has 1 saturated heterocycles. The quantitative estimate of drug-likeness (QED) is 0.123. The average molecular weight is 691 g/mol. The van der Waals surface area contributed by atoms with Crippen molar-refractivity contribution in [1.82, 2.24) is 24.6 Å². The maximum atomic E-state index is 14.3. The number of hydrogen-bond donors (Lipinski definition) is 1. The fraction of sp³-hybridized carbons (Fsp3) is 0.385. The van der Waals surface area contributed by atoms with Gasteiger partial charge in [0.2, 0.25) is 5.88 Å². The number of carbonyl (C=O) groups excluding carboxylic acids is 2. The highest BCUT2D eigenvalue weighted by Crippen LogP contribution is 2.45. The fourth-order valence-corrected chi connectivity index (χ4v) is 8.21. The van der Waals surface area contributed by atoms with Crippen molar-refractivity contribution in [3.05, 3.63) is 95.8 Å². The molecule has 260 valence electrons. The number of aromatic nitrogens is 3. The van der Waals surface area contributed by atoms with Gasteiger partial charge in [0.05, 0.1) is 11.1 Å². The minimum absolute atomic E-state index is 0.107. The summed E-state index contributed by atoms with van der Waals surface area (Å²) in [6.07, 6.45) is 5.10. The molecule has 0 radical (unpaired) electrons. The third kappa shape index (κ3) is 6.71. The van der Waals surface area contributed by atoms with Crippen LogP contribution in [-0.4, -0.2) is 64.0 Å². The van der Waals surface area contributed by atoms with Gasteiger partial charge < -0.3 is 19.7 Å². The molecule has 2 aliphatic rings. The molecule has 2 unspecified atom stereocenters. The summed E-state index contributed by atoms with van der Waals surface area (Å²) < 4.78 is 13.9. The van der Waals surface area contributed by atoms with Crippen molar-refractivity contribution in [2.45, 2.75) is 83.7 Å². The Bertz CT molecular complexity index is 2060. The number of carbonyl (C=O) groups is 2. The number of benzene rings is 3. The second kappa shape index (κ2) is 13.5. The number of nitrogens with zero attached hydrogens (tertiary/aromatic N) is 5. The highest BCUT2D eigenvalue weighted by Gasteiger charge is 2.48. The molecule has 2 aliphatic heterocycles. The number of rotatable bonds is 9. The Kier molecular flexibility index (Phi) is 9.12. The number of fused-ring (bicyclic) bond motifs is 3. The van der Waals surface area contributed by atoms with Crippen molar-refractivity contribution >= 4 is 47.6 Å². The van der Waals surface area contributed by atoms with Crippen molar-refractivity contribution in [3.8, 4) is 5.88 Å². The number of pyridine rings is 1. The van der Waals surface area contributed by atoms with E-state index in [0.29, 0.717) is 45.7 Å². The predicted molar refractivity (Wildman–Crippen MR) is 199 cm³/mol. The lowest BCUT2D eigenvalue weighted by Crippen LogP contribution is -2.60. The number of ether oxygens (including phenoxy) is 2. The standard InChI is InChI=1S/C39H46N6O4Si/c1-6-39(32-19-27(2)36-31(20-32)24-43(42-36)26-48-17-18-50(3,4)5)22-33(44-25-30-13-9-10-14-34(30)41-37(44)46)15-16-45(39)38(47)49-35-21-28-11-7-8-12-29(28)23-40-35/h7-14,19-21,23-24,33H,6,15-18,22,25-26H2,1-5H3,(H,41,46). The molecule has 4 heterocycles. The Morgan fingerprint density at radius 2 is 1.82 bits per heavy atom. The van der Waals surface area contributed by atoms with Gasteiger partial charge in [-0.05, 0) is 66.4 Å². The van der Waals surface area contributed by atoms with Crippen molar-refractivity contribution in [3.63, 3.8) is 0 Å². The molecule has 0 bridgehead atoms. The van der Waals surface area contributed by atoms with E-state index in [1.165, 1.54) is 0 Å². The molecule has 2 atom stereocenters. The van der Waals surface area contributed by atoms with Gasteiger partial charge in [0.1, 0.15) is 6.73 Å². The van der Waals surface area contributed by atoms with E-state index in [2.05, 4.69) is 62.0 Å².